The Kier molecular flexibility index (Phi) is 5.75. The first kappa shape index (κ1) is 18.2. The number of nitrogens with zero attached hydrogens (tertiary/aromatic N) is 1. The molecule has 5 heteroatoms. The van der Waals surface area contributed by atoms with Crippen molar-refractivity contribution in [3.63, 3.8) is 0 Å². The lowest BCUT2D eigenvalue weighted by Crippen LogP contribution is -2.33. The number of amides is 1. The molecule has 1 amide bonds. The Morgan fingerprint density at radius 1 is 1.25 bits per heavy atom. The minimum atomic E-state index is -0.768. The lowest BCUT2D eigenvalue weighted by molar-refractivity contribution is -0.150. The summed E-state index contributed by atoms with van der Waals surface area (Å²) >= 11 is 0. The smallest absolute Gasteiger partial charge is 0.309 e. The zero-order valence-electron chi connectivity index (χ0n) is 14.7. The third-order valence-electron chi connectivity index (χ3n) is 4.87. The monoisotopic (exact) mass is 331 g/mol. The molecule has 2 rings (SSSR count). The summed E-state index contributed by atoms with van der Waals surface area (Å²) in [5.41, 5.74) is 1.01. The van der Waals surface area contributed by atoms with E-state index in [2.05, 4.69) is 0 Å². The predicted octanol–water partition coefficient (Wildman–Crippen LogP) is 2.61. The van der Waals surface area contributed by atoms with Gasteiger partial charge in [-0.15, -0.1) is 0 Å². The molecule has 4 atom stereocenters. The standard InChI is InChI=1S/C19H25NO4/c1-5-24-19(23)12(2)16-11-20(18(22)17(16)14(4)21)13(3)15-9-7-6-8-10-15/h6-10,12-13,16-17H,5,11H2,1-4H3/t12?,13-,16+,17-/m1/s1. The number of carbonyl (C=O) groups is 3. The highest BCUT2D eigenvalue weighted by Crippen LogP contribution is 2.37. The van der Waals surface area contributed by atoms with Gasteiger partial charge >= 0.3 is 5.97 Å². The molecule has 0 aromatic heterocycles. The molecule has 0 spiro atoms. The van der Waals surface area contributed by atoms with Gasteiger partial charge < -0.3 is 9.64 Å². The van der Waals surface area contributed by atoms with Crippen LogP contribution < -0.4 is 0 Å². The Morgan fingerprint density at radius 2 is 1.88 bits per heavy atom. The highest BCUT2D eigenvalue weighted by atomic mass is 16.5. The summed E-state index contributed by atoms with van der Waals surface area (Å²) in [7, 11) is 0. The average molecular weight is 331 g/mol. The molecule has 0 N–H and O–H groups in total. The molecule has 0 radical (unpaired) electrons. The number of ether oxygens (including phenoxy) is 1. The first-order chi connectivity index (χ1) is 11.4. The number of benzene rings is 1. The normalized spacial score (nSPS) is 23.0. The number of Topliss-reactive ketones (excluding diaryl/α,β-unsaturated/α-hetero) is 1. The number of ketones is 1. The van der Waals surface area contributed by atoms with Crippen LogP contribution in [-0.4, -0.2) is 35.7 Å². The van der Waals surface area contributed by atoms with Gasteiger partial charge in [0.1, 0.15) is 11.7 Å². The fraction of sp³-hybridized carbons (Fsp3) is 0.526. The van der Waals surface area contributed by atoms with Gasteiger partial charge in [-0.2, -0.15) is 0 Å². The van der Waals surface area contributed by atoms with E-state index in [1.807, 2.05) is 37.3 Å². The molecule has 1 saturated heterocycles. The topological polar surface area (TPSA) is 63.7 Å². The Morgan fingerprint density at radius 3 is 2.42 bits per heavy atom. The van der Waals surface area contributed by atoms with Crippen molar-refractivity contribution in [2.24, 2.45) is 17.8 Å². The Labute approximate surface area is 143 Å². The van der Waals surface area contributed by atoms with Gasteiger partial charge in [0, 0.05) is 12.5 Å². The highest BCUT2D eigenvalue weighted by Gasteiger charge is 2.48. The Bertz CT molecular complexity index is 613. The van der Waals surface area contributed by atoms with Crippen LogP contribution in [0.15, 0.2) is 30.3 Å². The van der Waals surface area contributed by atoms with Crippen molar-refractivity contribution in [3.05, 3.63) is 35.9 Å². The van der Waals surface area contributed by atoms with Crippen LogP contribution >= 0.6 is 0 Å². The van der Waals surface area contributed by atoms with Crippen LogP contribution in [0.3, 0.4) is 0 Å². The lowest BCUT2D eigenvalue weighted by Gasteiger charge is -2.26. The quantitative estimate of drug-likeness (QED) is 0.594. The van der Waals surface area contributed by atoms with Crippen molar-refractivity contribution in [1.82, 2.24) is 4.90 Å². The minimum absolute atomic E-state index is 0.139. The first-order valence-electron chi connectivity index (χ1n) is 8.41. The maximum atomic E-state index is 12.8. The molecule has 1 heterocycles. The van der Waals surface area contributed by atoms with Gasteiger partial charge in [0.2, 0.25) is 5.91 Å². The fourth-order valence-electron chi connectivity index (χ4n) is 3.42. The second-order valence-corrected chi connectivity index (χ2v) is 6.37. The molecule has 5 nitrogen and oxygen atoms in total. The van der Waals surface area contributed by atoms with Gasteiger partial charge in [0.05, 0.1) is 18.6 Å². The second kappa shape index (κ2) is 7.60. The molecular weight excluding hydrogens is 306 g/mol. The van der Waals surface area contributed by atoms with Crippen molar-refractivity contribution in [3.8, 4) is 0 Å². The molecule has 130 valence electrons. The third kappa shape index (κ3) is 3.50. The van der Waals surface area contributed by atoms with Crippen molar-refractivity contribution in [2.45, 2.75) is 33.7 Å². The Hall–Kier alpha value is -2.17. The van der Waals surface area contributed by atoms with Gasteiger partial charge in [-0.1, -0.05) is 37.3 Å². The molecule has 1 unspecified atom stereocenters. The summed E-state index contributed by atoms with van der Waals surface area (Å²) < 4.78 is 5.08. The van der Waals surface area contributed by atoms with Gasteiger partial charge in [0.25, 0.3) is 0 Å². The molecule has 1 fully saturated rings. The summed E-state index contributed by atoms with van der Waals surface area (Å²) in [4.78, 5) is 38.7. The van der Waals surface area contributed by atoms with Crippen LogP contribution in [0.5, 0.6) is 0 Å². The molecule has 0 saturated carbocycles. The van der Waals surface area contributed by atoms with E-state index in [1.165, 1.54) is 6.92 Å². The number of esters is 1. The third-order valence-corrected chi connectivity index (χ3v) is 4.87. The maximum Gasteiger partial charge on any atom is 0.309 e. The van der Waals surface area contributed by atoms with Crippen molar-refractivity contribution < 1.29 is 19.1 Å². The van der Waals surface area contributed by atoms with E-state index in [-0.39, 0.29) is 29.6 Å². The van der Waals surface area contributed by atoms with Crippen LogP contribution in [0.25, 0.3) is 0 Å². The summed E-state index contributed by atoms with van der Waals surface area (Å²) in [6.07, 6.45) is 0. The van der Waals surface area contributed by atoms with Crippen LogP contribution in [-0.2, 0) is 19.1 Å². The minimum Gasteiger partial charge on any atom is -0.466 e. The number of carbonyl (C=O) groups excluding carboxylic acids is 3. The van der Waals surface area contributed by atoms with Crippen LogP contribution in [0.1, 0.15) is 39.3 Å². The van der Waals surface area contributed by atoms with E-state index in [9.17, 15) is 14.4 Å². The molecule has 0 bridgehead atoms. The SMILES string of the molecule is CCOC(=O)C(C)[C@@H]1CN([C@H](C)c2ccccc2)C(=O)[C@@H]1C(C)=O. The molecule has 1 aliphatic rings. The van der Waals surface area contributed by atoms with Crippen LogP contribution in [0.2, 0.25) is 0 Å². The maximum absolute atomic E-state index is 12.8. The van der Waals surface area contributed by atoms with Crippen molar-refractivity contribution in [2.75, 3.05) is 13.2 Å². The molecule has 1 aromatic carbocycles. The number of hydrogen-bond acceptors (Lipinski definition) is 4. The van der Waals surface area contributed by atoms with E-state index in [0.29, 0.717) is 13.2 Å². The number of likely N-dealkylation sites (tertiary alicyclic amines) is 1. The summed E-state index contributed by atoms with van der Waals surface area (Å²) in [5, 5.41) is 0. The summed E-state index contributed by atoms with van der Waals surface area (Å²) in [6, 6.07) is 9.55. The second-order valence-electron chi connectivity index (χ2n) is 6.37. The molecular formula is C19H25NO4. The van der Waals surface area contributed by atoms with Crippen molar-refractivity contribution >= 4 is 17.7 Å². The van der Waals surface area contributed by atoms with E-state index in [4.69, 9.17) is 4.74 Å². The largest absolute Gasteiger partial charge is 0.466 e. The molecule has 1 aromatic rings. The van der Waals surface area contributed by atoms with Crippen molar-refractivity contribution in [1.29, 1.82) is 0 Å². The van der Waals surface area contributed by atoms with E-state index in [1.54, 1.807) is 18.7 Å². The number of hydrogen-bond donors (Lipinski definition) is 0. The summed E-state index contributed by atoms with van der Waals surface area (Å²) in [5.74, 6) is -2.34. The molecule has 0 aliphatic carbocycles. The lowest BCUT2D eigenvalue weighted by atomic mass is 9.82. The van der Waals surface area contributed by atoms with Crippen LogP contribution in [0.4, 0.5) is 0 Å². The molecule has 24 heavy (non-hydrogen) atoms. The highest BCUT2D eigenvalue weighted by molar-refractivity contribution is 6.02. The predicted molar refractivity (Wildman–Crippen MR) is 90.0 cm³/mol. The van der Waals surface area contributed by atoms with Gasteiger partial charge in [0.15, 0.2) is 0 Å². The van der Waals surface area contributed by atoms with E-state index in [0.717, 1.165) is 5.56 Å². The average Bonchev–Trinajstić information content (AvgIpc) is 2.92. The zero-order valence-corrected chi connectivity index (χ0v) is 14.7. The zero-order chi connectivity index (χ0) is 17.9. The van der Waals surface area contributed by atoms with Crippen LogP contribution in [0, 0.1) is 17.8 Å². The van der Waals surface area contributed by atoms with Gasteiger partial charge in [-0.05, 0) is 26.3 Å². The first-order valence-corrected chi connectivity index (χ1v) is 8.41. The Balaban J connectivity index is 2.26. The van der Waals surface area contributed by atoms with Gasteiger partial charge in [-0.3, -0.25) is 14.4 Å². The fourth-order valence-corrected chi connectivity index (χ4v) is 3.42. The van der Waals surface area contributed by atoms with E-state index < -0.39 is 11.8 Å². The summed E-state index contributed by atoms with van der Waals surface area (Å²) in [6.45, 7) is 7.53. The van der Waals surface area contributed by atoms with E-state index >= 15 is 0 Å². The number of rotatable bonds is 6. The van der Waals surface area contributed by atoms with Gasteiger partial charge in [-0.25, -0.2) is 0 Å². The molecule has 1 aliphatic heterocycles.